The van der Waals surface area contributed by atoms with Crippen LogP contribution in [0.1, 0.15) is 50.3 Å². The Labute approximate surface area is 110 Å². The van der Waals surface area contributed by atoms with Gasteiger partial charge in [-0.15, -0.1) is 0 Å². The Bertz CT molecular complexity index is 397. The highest BCUT2D eigenvalue weighted by Gasteiger charge is 2.35. The van der Waals surface area contributed by atoms with Crippen LogP contribution in [-0.2, 0) is 0 Å². The molecule has 1 aromatic heterocycles. The van der Waals surface area contributed by atoms with Gasteiger partial charge < -0.3 is 5.11 Å². The van der Waals surface area contributed by atoms with Crippen molar-refractivity contribution in [3.8, 4) is 0 Å². The van der Waals surface area contributed by atoms with Crippen LogP contribution in [0.15, 0.2) is 18.5 Å². The molecule has 1 unspecified atom stereocenters. The molecular weight excluding hydrogens is 224 g/mol. The smallest absolute Gasteiger partial charge is 0.0983 e. The largest absolute Gasteiger partial charge is 0.386 e. The Morgan fingerprint density at radius 3 is 2.50 bits per heavy atom. The maximum atomic E-state index is 10.6. The molecule has 3 heteroatoms. The van der Waals surface area contributed by atoms with Gasteiger partial charge in [-0.3, -0.25) is 9.88 Å². The van der Waals surface area contributed by atoms with Crippen molar-refractivity contribution in [1.29, 1.82) is 0 Å². The number of aliphatic hydroxyl groups is 1. The summed E-state index contributed by atoms with van der Waals surface area (Å²) in [6, 6.07) is 2.03. The maximum absolute atomic E-state index is 10.6. The van der Waals surface area contributed by atoms with Crippen molar-refractivity contribution < 1.29 is 5.11 Å². The summed E-state index contributed by atoms with van der Waals surface area (Å²) in [5, 5.41) is 10.6. The van der Waals surface area contributed by atoms with Gasteiger partial charge in [0.15, 0.2) is 0 Å². The standard InChI is InChI=1S/C15H24N2O/c1-12-9-13(11-16-10-12)14(18)15(2,3)17-7-5-4-6-8-17/h9-11,14,18H,4-8H2,1-3H3. The van der Waals surface area contributed by atoms with E-state index in [-0.39, 0.29) is 5.54 Å². The van der Waals surface area contributed by atoms with E-state index in [2.05, 4.69) is 23.7 Å². The van der Waals surface area contributed by atoms with E-state index in [0.717, 1.165) is 24.2 Å². The van der Waals surface area contributed by atoms with E-state index < -0.39 is 6.10 Å². The summed E-state index contributed by atoms with van der Waals surface area (Å²) in [6.07, 6.45) is 6.91. The van der Waals surface area contributed by atoms with Gasteiger partial charge in [0.1, 0.15) is 0 Å². The van der Waals surface area contributed by atoms with Gasteiger partial charge in [0.25, 0.3) is 0 Å². The van der Waals surface area contributed by atoms with E-state index >= 15 is 0 Å². The van der Waals surface area contributed by atoms with Crippen molar-refractivity contribution in [1.82, 2.24) is 9.88 Å². The molecule has 1 saturated heterocycles. The van der Waals surface area contributed by atoms with Crippen LogP contribution in [0.3, 0.4) is 0 Å². The van der Waals surface area contributed by atoms with Crippen LogP contribution < -0.4 is 0 Å². The predicted molar refractivity (Wildman–Crippen MR) is 73.4 cm³/mol. The van der Waals surface area contributed by atoms with Crippen molar-refractivity contribution in [3.63, 3.8) is 0 Å². The van der Waals surface area contributed by atoms with Crippen LogP contribution in [0, 0.1) is 6.92 Å². The van der Waals surface area contributed by atoms with E-state index in [9.17, 15) is 5.11 Å². The fourth-order valence-corrected chi connectivity index (χ4v) is 2.78. The lowest BCUT2D eigenvalue weighted by Crippen LogP contribution is -2.50. The van der Waals surface area contributed by atoms with Crippen LogP contribution in [0.2, 0.25) is 0 Å². The minimum Gasteiger partial charge on any atom is -0.386 e. The molecule has 1 aliphatic heterocycles. The molecule has 1 aromatic rings. The first-order valence-corrected chi connectivity index (χ1v) is 6.86. The third-order valence-corrected chi connectivity index (χ3v) is 4.05. The second-order valence-electron chi connectivity index (χ2n) is 5.90. The van der Waals surface area contributed by atoms with Crippen LogP contribution in [0.5, 0.6) is 0 Å². The normalized spacial score (nSPS) is 19.8. The number of nitrogens with zero attached hydrogens (tertiary/aromatic N) is 2. The second-order valence-corrected chi connectivity index (χ2v) is 5.90. The molecule has 3 nitrogen and oxygen atoms in total. The Kier molecular flexibility index (Phi) is 4.03. The number of aliphatic hydroxyl groups excluding tert-OH is 1. The van der Waals surface area contributed by atoms with Gasteiger partial charge in [-0.05, 0) is 52.3 Å². The van der Waals surface area contributed by atoms with Crippen LogP contribution in [-0.4, -0.2) is 33.6 Å². The Morgan fingerprint density at radius 2 is 1.89 bits per heavy atom. The molecule has 2 heterocycles. The van der Waals surface area contributed by atoms with Crippen molar-refractivity contribution >= 4 is 0 Å². The molecule has 0 amide bonds. The molecule has 0 aromatic carbocycles. The molecule has 1 atom stereocenters. The van der Waals surface area contributed by atoms with Gasteiger partial charge in [-0.1, -0.05) is 12.5 Å². The molecule has 0 bridgehead atoms. The second kappa shape index (κ2) is 5.37. The van der Waals surface area contributed by atoms with Gasteiger partial charge in [0, 0.05) is 23.5 Å². The molecular formula is C15H24N2O. The number of hydrogen-bond donors (Lipinski definition) is 1. The van der Waals surface area contributed by atoms with Crippen molar-refractivity contribution in [2.24, 2.45) is 0 Å². The lowest BCUT2D eigenvalue weighted by atomic mass is 9.88. The highest BCUT2D eigenvalue weighted by molar-refractivity contribution is 5.21. The van der Waals surface area contributed by atoms with Crippen molar-refractivity contribution in [2.75, 3.05) is 13.1 Å². The fourth-order valence-electron chi connectivity index (χ4n) is 2.78. The Hall–Kier alpha value is -0.930. The molecule has 2 rings (SSSR count). The van der Waals surface area contributed by atoms with Crippen molar-refractivity contribution in [3.05, 3.63) is 29.6 Å². The summed E-state index contributed by atoms with van der Waals surface area (Å²) in [6.45, 7) is 8.44. The van der Waals surface area contributed by atoms with Gasteiger partial charge in [0.05, 0.1) is 6.10 Å². The zero-order valence-corrected chi connectivity index (χ0v) is 11.7. The third kappa shape index (κ3) is 2.73. The van der Waals surface area contributed by atoms with Gasteiger partial charge in [0.2, 0.25) is 0 Å². The monoisotopic (exact) mass is 248 g/mol. The van der Waals surface area contributed by atoms with E-state index in [1.807, 2.05) is 19.2 Å². The van der Waals surface area contributed by atoms with Gasteiger partial charge in [-0.25, -0.2) is 0 Å². The molecule has 1 aliphatic rings. The number of pyridine rings is 1. The van der Waals surface area contributed by atoms with E-state index in [1.54, 1.807) is 6.20 Å². The molecule has 18 heavy (non-hydrogen) atoms. The third-order valence-electron chi connectivity index (χ3n) is 4.05. The highest BCUT2D eigenvalue weighted by Crippen LogP contribution is 2.32. The van der Waals surface area contributed by atoms with E-state index in [0.29, 0.717) is 0 Å². The first-order valence-electron chi connectivity index (χ1n) is 6.86. The lowest BCUT2D eigenvalue weighted by molar-refractivity contribution is -0.0210. The average molecular weight is 248 g/mol. The number of hydrogen-bond acceptors (Lipinski definition) is 3. The topological polar surface area (TPSA) is 36.4 Å². The number of rotatable bonds is 3. The number of piperidine rings is 1. The molecule has 0 spiro atoms. The summed E-state index contributed by atoms with van der Waals surface area (Å²) >= 11 is 0. The van der Waals surface area contributed by atoms with E-state index in [1.165, 1.54) is 19.3 Å². The molecule has 0 radical (unpaired) electrons. The quantitative estimate of drug-likeness (QED) is 0.893. The minimum absolute atomic E-state index is 0.226. The van der Waals surface area contributed by atoms with Gasteiger partial charge >= 0.3 is 0 Å². The first-order chi connectivity index (χ1) is 8.51. The predicted octanol–water partition coefficient (Wildman–Crippen LogP) is 2.69. The SMILES string of the molecule is Cc1cncc(C(O)C(C)(C)N2CCCCC2)c1. The zero-order chi connectivity index (χ0) is 13.2. The number of aryl methyl sites for hydroxylation is 1. The Morgan fingerprint density at radius 1 is 1.22 bits per heavy atom. The van der Waals surface area contributed by atoms with Crippen LogP contribution in [0.4, 0.5) is 0 Å². The molecule has 1 fully saturated rings. The summed E-state index contributed by atoms with van der Waals surface area (Å²) < 4.78 is 0. The summed E-state index contributed by atoms with van der Waals surface area (Å²) in [5.41, 5.74) is 1.79. The minimum atomic E-state index is -0.483. The van der Waals surface area contributed by atoms with Crippen molar-refractivity contribution in [2.45, 2.75) is 51.7 Å². The van der Waals surface area contributed by atoms with Crippen LogP contribution >= 0.6 is 0 Å². The summed E-state index contributed by atoms with van der Waals surface area (Å²) in [4.78, 5) is 6.59. The Balaban J connectivity index is 2.17. The average Bonchev–Trinajstić information content (AvgIpc) is 2.39. The number of aromatic nitrogens is 1. The van der Waals surface area contributed by atoms with Crippen LogP contribution in [0.25, 0.3) is 0 Å². The highest BCUT2D eigenvalue weighted by atomic mass is 16.3. The maximum Gasteiger partial charge on any atom is 0.0983 e. The molecule has 100 valence electrons. The zero-order valence-electron chi connectivity index (χ0n) is 11.7. The lowest BCUT2D eigenvalue weighted by Gasteiger charge is -2.44. The molecule has 0 aliphatic carbocycles. The number of likely N-dealkylation sites (tertiary alicyclic amines) is 1. The summed E-state index contributed by atoms with van der Waals surface area (Å²) in [7, 11) is 0. The van der Waals surface area contributed by atoms with E-state index in [4.69, 9.17) is 0 Å². The first kappa shape index (κ1) is 13.5. The fraction of sp³-hybridized carbons (Fsp3) is 0.667. The molecule has 1 N–H and O–H groups in total. The summed E-state index contributed by atoms with van der Waals surface area (Å²) in [5.74, 6) is 0. The molecule has 0 saturated carbocycles. The van der Waals surface area contributed by atoms with Gasteiger partial charge in [-0.2, -0.15) is 0 Å².